The Kier molecular flexibility index (Phi) is 8.80. The van der Waals surface area contributed by atoms with Gasteiger partial charge in [0.15, 0.2) is 11.5 Å². The van der Waals surface area contributed by atoms with E-state index in [1.165, 1.54) is 11.8 Å². The topological polar surface area (TPSA) is 63.3 Å². The number of para-hydroxylation sites is 1. The molecule has 0 radical (unpaired) electrons. The lowest BCUT2D eigenvalue weighted by Gasteiger charge is -2.36. The molecule has 1 saturated heterocycles. The maximum atomic E-state index is 12.2. The number of rotatable bonds is 10. The zero-order chi connectivity index (χ0) is 22.8. The van der Waals surface area contributed by atoms with Crippen LogP contribution in [0.15, 0.2) is 48.5 Å². The maximum absolute atomic E-state index is 12.2. The van der Waals surface area contributed by atoms with Gasteiger partial charge in [-0.1, -0.05) is 18.2 Å². The van der Waals surface area contributed by atoms with E-state index in [1.807, 2.05) is 6.07 Å². The molecule has 0 unspecified atom stereocenters. The lowest BCUT2D eigenvalue weighted by atomic mass is 10.1. The van der Waals surface area contributed by atoms with E-state index in [-0.39, 0.29) is 5.91 Å². The SMILES string of the molecule is COc1cc(/C=C/C(=O)NCCCN2CCN(c3ccccc3)CC2)cc(OC)c1OC. The largest absolute Gasteiger partial charge is 0.493 e. The van der Waals surface area contributed by atoms with Gasteiger partial charge in [0.05, 0.1) is 21.3 Å². The third-order valence-electron chi connectivity index (χ3n) is 5.56. The molecule has 2 aromatic carbocycles. The Bertz CT molecular complexity index is 868. The summed E-state index contributed by atoms with van der Waals surface area (Å²) in [6.45, 7) is 5.80. The van der Waals surface area contributed by atoms with Gasteiger partial charge in [-0.25, -0.2) is 0 Å². The first kappa shape index (κ1) is 23.5. The first-order chi connectivity index (χ1) is 15.6. The van der Waals surface area contributed by atoms with Crippen LogP contribution in [0.1, 0.15) is 12.0 Å². The van der Waals surface area contributed by atoms with Crippen LogP contribution in [-0.4, -0.2) is 71.4 Å². The van der Waals surface area contributed by atoms with Gasteiger partial charge >= 0.3 is 0 Å². The molecule has 0 aromatic heterocycles. The van der Waals surface area contributed by atoms with Crippen LogP contribution >= 0.6 is 0 Å². The second-order valence-electron chi connectivity index (χ2n) is 7.60. The minimum atomic E-state index is -0.118. The summed E-state index contributed by atoms with van der Waals surface area (Å²) >= 11 is 0. The van der Waals surface area contributed by atoms with E-state index in [0.29, 0.717) is 23.8 Å². The number of carbonyl (C=O) groups excluding carboxylic acids is 1. The summed E-state index contributed by atoms with van der Waals surface area (Å²) in [4.78, 5) is 17.1. The number of piperazine rings is 1. The fourth-order valence-corrected chi connectivity index (χ4v) is 3.81. The van der Waals surface area contributed by atoms with Crippen molar-refractivity contribution in [3.63, 3.8) is 0 Å². The molecule has 1 heterocycles. The normalized spacial score (nSPS) is 14.4. The Hall–Kier alpha value is -3.19. The fraction of sp³-hybridized carbons (Fsp3) is 0.400. The lowest BCUT2D eigenvalue weighted by molar-refractivity contribution is -0.116. The van der Waals surface area contributed by atoms with Gasteiger partial charge in [0.25, 0.3) is 0 Å². The molecule has 0 saturated carbocycles. The molecule has 7 nitrogen and oxygen atoms in total. The predicted molar refractivity (Wildman–Crippen MR) is 128 cm³/mol. The Morgan fingerprint density at radius 2 is 1.62 bits per heavy atom. The molecule has 0 atom stereocenters. The molecule has 1 fully saturated rings. The van der Waals surface area contributed by atoms with Crippen molar-refractivity contribution in [1.29, 1.82) is 0 Å². The van der Waals surface area contributed by atoms with Gasteiger partial charge < -0.3 is 24.4 Å². The number of ether oxygens (including phenoxy) is 3. The van der Waals surface area contributed by atoms with Gasteiger partial charge in [-0.05, 0) is 48.9 Å². The van der Waals surface area contributed by atoms with Crippen LogP contribution in [0, 0.1) is 0 Å². The van der Waals surface area contributed by atoms with Gasteiger partial charge in [-0.15, -0.1) is 0 Å². The van der Waals surface area contributed by atoms with Crippen molar-refractivity contribution in [2.24, 2.45) is 0 Å². The third kappa shape index (κ3) is 6.40. The van der Waals surface area contributed by atoms with Crippen LogP contribution in [-0.2, 0) is 4.79 Å². The molecule has 1 aliphatic rings. The second kappa shape index (κ2) is 12.0. The van der Waals surface area contributed by atoms with Crippen LogP contribution in [0.5, 0.6) is 17.2 Å². The van der Waals surface area contributed by atoms with Crippen LogP contribution in [0.2, 0.25) is 0 Å². The van der Waals surface area contributed by atoms with E-state index >= 15 is 0 Å². The molecule has 2 aromatic rings. The average molecular weight is 440 g/mol. The molecule has 0 bridgehead atoms. The lowest BCUT2D eigenvalue weighted by Crippen LogP contribution is -2.47. The Morgan fingerprint density at radius 3 is 2.22 bits per heavy atom. The number of nitrogens with one attached hydrogen (secondary N) is 1. The summed E-state index contributed by atoms with van der Waals surface area (Å²) in [6, 6.07) is 14.2. The number of nitrogens with zero attached hydrogens (tertiary/aromatic N) is 2. The van der Waals surface area contributed by atoms with Crippen LogP contribution in [0.25, 0.3) is 6.08 Å². The van der Waals surface area contributed by atoms with E-state index in [2.05, 4.69) is 39.4 Å². The smallest absolute Gasteiger partial charge is 0.243 e. The Labute approximate surface area is 190 Å². The van der Waals surface area contributed by atoms with Crippen LogP contribution < -0.4 is 24.4 Å². The molecule has 1 N–H and O–H groups in total. The number of hydrogen-bond acceptors (Lipinski definition) is 6. The molecule has 32 heavy (non-hydrogen) atoms. The Balaban J connectivity index is 1.39. The van der Waals surface area contributed by atoms with E-state index in [9.17, 15) is 4.79 Å². The molecule has 1 aliphatic heterocycles. The molecule has 3 rings (SSSR count). The minimum Gasteiger partial charge on any atom is -0.493 e. The first-order valence-corrected chi connectivity index (χ1v) is 10.9. The van der Waals surface area contributed by atoms with Gasteiger partial charge in [-0.3, -0.25) is 9.69 Å². The van der Waals surface area contributed by atoms with Crippen molar-refractivity contribution in [3.8, 4) is 17.2 Å². The molecule has 0 aliphatic carbocycles. The Morgan fingerprint density at radius 1 is 0.969 bits per heavy atom. The van der Waals surface area contributed by atoms with Crippen molar-refractivity contribution < 1.29 is 19.0 Å². The highest BCUT2D eigenvalue weighted by molar-refractivity contribution is 5.91. The zero-order valence-corrected chi connectivity index (χ0v) is 19.2. The summed E-state index contributed by atoms with van der Waals surface area (Å²) in [5.41, 5.74) is 2.09. The number of anilines is 1. The molecular formula is C25H33N3O4. The summed E-state index contributed by atoms with van der Waals surface area (Å²) in [5, 5.41) is 2.96. The first-order valence-electron chi connectivity index (χ1n) is 10.9. The highest BCUT2D eigenvalue weighted by Crippen LogP contribution is 2.38. The maximum Gasteiger partial charge on any atom is 0.243 e. The third-order valence-corrected chi connectivity index (χ3v) is 5.56. The van der Waals surface area contributed by atoms with Crippen LogP contribution in [0.4, 0.5) is 5.69 Å². The average Bonchev–Trinajstić information content (AvgIpc) is 2.85. The van der Waals surface area contributed by atoms with Crippen molar-refractivity contribution in [1.82, 2.24) is 10.2 Å². The van der Waals surface area contributed by atoms with Gasteiger partial charge in [0, 0.05) is 44.5 Å². The molecular weight excluding hydrogens is 406 g/mol. The quantitative estimate of drug-likeness (QED) is 0.454. The van der Waals surface area contributed by atoms with Crippen molar-refractivity contribution >= 4 is 17.7 Å². The summed E-state index contributed by atoms with van der Waals surface area (Å²) < 4.78 is 16.0. The summed E-state index contributed by atoms with van der Waals surface area (Å²) in [5.74, 6) is 1.52. The molecule has 172 valence electrons. The number of carbonyl (C=O) groups is 1. The highest BCUT2D eigenvalue weighted by Gasteiger charge is 2.16. The number of methoxy groups -OCH3 is 3. The second-order valence-corrected chi connectivity index (χ2v) is 7.60. The van der Waals surface area contributed by atoms with E-state index in [0.717, 1.165) is 44.7 Å². The van der Waals surface area contributed by atoms with Gasteiger partial charge in [-0.2, -0.15) is 0 Å². The zero-order valence-electron chi connectivity index (χ0n) is 19.2. The highest BCUT2D eigenvalue weighted by atomic mass is 16.5. The predicted octanol–water partition coefficient (Wildman–Crippen LogP) is 3.05. The fourth-order valence-electron chi connectivity index (χ4n) is 3.81. The summed E-state index contributed by atoms with van der Waals surface area (Å²) in [6.07, 6.45) is 4.19. The van der Waals surface area contributed by atoms with Crippen molar-refractivity contribution in [3.05, 3.63) is 54.1 Å². The van der Waals surface area contributed by atoms with E-state index in [1.54, 1.807) is 39.5 Å². The van der Waals surface area contributed by atoms with Gasteiger partial charge in [0.2, 0.25) is 11.7 Å². The monoisotopic (exact) mass is 439 g/mol. The number of amides is 1. The number of benzene rings is 2. The summed E-state index contributed by atoms with van der Waals surface area (Å²) in [7, 11) is 4.70. The molecule has 7 heteroatoms. The van der Waals surface area contributed by atoms with E-state index < -0.39 is 0 Å². The molecule has 1 amide bonds. The van der Waals surface area contributed by atoms with Crippen molar-refractivity contribution in [2.45, 2.75) is 6.42 Å². The van der Waals surface area contributed by atoms with Gasteiger partial charge in [0.1, 0.15) is 0 Å². The minimum absolute atomic E-state index is 0.118. The van der Waals surface area contributed by atoms with Crippen LogP contribution in [0.3, 0.4) is 0 Å². The van der Waals surface area contributed by atoms with Crippen molar-refractivity contribution in [2.75, 3.05) is 65.5 Å². The number of hydrogen-bond donors (Lipinski definition) is 1. The van der Waals surface area contributed by atoms with E-state index in [4.69, 9.17) is 14.2 Å². The molecule has 0 spiro atoms. The standard InChI is InChI=1S/C25H33N3O4/c1-30-22-18-20(19-23(31-2)25(22)32-3)10-11-24(29)26-12-7-13-27-14-16-28(17-15-27)21-8-5-4-6-9-21/h4-6,8-11,18-19H,7,12-17H2,1-3H3,(H,26,29)/b11-10+.